The molecule has 0 saturated carbocycles. The van der Waals surface area contributed by atoms with Crippen LogP contribution < -0.4 is 10.9 Å². The lowest BCUT2D eigenvalue weighted by Crippen LogP contribution is -2.33. The van der Waals surface area contributed by atoms with Gasteiger partial charge in [-0.25, -0.2) is 4.98 Å². The normalized spacial score (nSPS) is 11.5. The summed E-state index contributed by atoms with van der Waals surface area (Å²) in [4.78, 5) is 30.2. The van der Waals surface area contributed by atoms with Crippen LogP contribution in [0.25, 0.3) is 11.4 Å². The van der Waals surface area contributed by atoms with Gasteiger partial charge in [-0.1, -0.05) is 29.8 Å². The Balaban J connectivity index is 2.03. The van der Waals surface area contributed by atoms with Gasteiger partial charge in [-0.2, -0.15) is 13.2 Å². The summed E-state index contributed by atoms with van der Waals surface area (Å²) < 4.78 is 39.9. The molecule has 1 heterocycles. The van der Waals surface area contributed by atoms with Gasteiger partial charge in [0.05, 0.1) is 16.3 Å². The van der Waals surface area contributed by atoms with Gasteiger partial charge in [0.1, 0.15) is 12.4 Å². The number of alkyl halides is 3. The Labute approximate surface area is 192 Å². The summed E-state index contributed by atoms with van der Waals surface area (Å²) in [6, 6.07) is 9.21. The maximum Gasteiger partial charge on any atom is 0.416 e. The lowest BCUT2D eigenvalue weighted by atomic mass is 10.1. The summed E-state index contributed by atoms with van der Waals surface area (Å²) >= 11 is 6.16. The summed E-state index contributed by atoms with van der Waals surface area (Å²) in [5.74, 6) is -0.533. The van der Waals surface area contributed by atoms with Gasteiger partial charge in [-0.15, -0.1) is 0 Å². The molecular weight excluding hydrogens is 459 g/mol. The van der Waals surface area contributed by atoms with Crippen LogP contribution in [0.4, 0.5) is 18.9 Å². The largest absolute Gasteiger partial charge is 0.416 e. The second kappa shape index (κ2) is 9.76. The third kappa shape index (κ3) is 5.61. The first-order valence-electron chi connectivity index (χ1n) is 9.96. The minimum absolute atomic E-state index is 0.0242. The number of carbonyl (C=O) groups excluding carboxylic acids is 1. The summed E-state index contributed by atoms with van der Waals surface area (Å²) in [7, 11) is 0. The highest BCUT2D eigenvalue weighted by atomic mass is 35.5. The Kier molecular flexibility index (Phi) is 7.24. The van der Waals surface area contributed by atoms with Crippen LogP contribution >= 0.6 is 11.6 Å². The van der Waals surface area contributed by atoms with Crippen molar-refractivity contribution in [3.8, 4) is 11.4 Å². The van der Waals surface area contributed by atoms with Crippen LogP contribution in [0, 0.1) is 13.8 Å². The van der Waals surface area contributed by atoms with Crippen molar-refractivity contribution < 1.29 is 23.1 Å². The topological polar surface area (TPSA) is 84.2 Å². The van der Waals surface area contributed by atoms with Gasteiger partial charge in [0.25, 0.3) is 5.56 Å². The Hall–Kier alpha value is -3.17. The molecule has 33 heavy (non-hydrogen) atoms. The molecule has 174 valence electrons. The summed E-state index contributed by atoms with van der Waals surface area (Å²) in [6.45, 7) is 2.65. The molecule has 3 aromatic rings. The number of aromatic nitrogens is 2. The first-order chi connectivity index (χ1) is 15.5. The number of aryl methyl sites for hydroxylation is 2. The molecule has 10 heteroatoms. The fourth-order valence-electron chi connectivity index (χ4n) is 3.33. The third-order valence-electron chi connectivity index (χ3n) is 5.00. The van der Waals surface area contributed by atoms with E-state index in [1.54, 1.807) is 25.1 Å². The van der Waals surface area contributed by atoms with Crippen molar-refractivity contribution in [1.29, 1.82) is 0 Å². The highest BCUT2D eigenvalue weighted by Crippen LogP contribution is 2.30. The number of aliphatic hydroxyl groups excluding tert-OH is 1. The molecule has 0 bridgehead atoms. The highest BCUT2D eigenvalue weighted by Gasteiger charge is 2.30. The van der Waals surface area contributed by atoms with E-state index in [4.69, 9.17) is 11.6 Å². The van der Waals surface area contributed by atoms with E-state index in [1.165, 1.54) is 12.1 Å². The molecule has 2 N–H and O–H groups in total. The van der Waals surface area contributed by atoms with E-state index in [2.05, 4.69) is 10.3 Å². The Morgan fingerprint density at radius 1 is 1.15 bits per heavy atom. The number of rotatable bonds is 6. The van der Waals surface area contributed by atoms with E-state index in [0.717, 1.165) is 22.3 Å². The van der Waals surface area contributed by atoms with Crippen LogP contribution in [0.3, 0.4) is 0 Å². The molecule has 0 radical (unpaired) electrons. The molecule has 0 aliphatic heterocycles. The van der Waals surface area contributed by atoms with E-state index in [0.29, 0.717) is 16.4 Å². The molecule has 0 aliphatic rings. The first-order valence-corrected chi connectivity index (χ1v) is 10.3. The fraction of sp³-hybridized carbons (Fsp3) is 0.261. The number of anilines is 1. The number of hydrogen-bond donors (Lipinski definition) is 2. The van der Waals surface area contributed by atoms with Gasteiger partial charge in [0.2, 0.25) is 5.91 Å². The first kappa shape index (κ1) is 24.5. The van der Waals surface area contributed by atoms with Crippen molar-refractivity contribution in [3.05, 3.63) is 80.2 Å². The maximum atomic E-state index is 13.1. The molecule has 2 aromatic carbocycles. The van der Waals surface area contributed by atoms with Crippen LogP contribution in [0.5, 0.6) is 0 Å². The Morgan fingerprint density at radius 3 is 2.39 bits per heavy atom. The van der Waals surface area contributed by atoms with Gasteiger partial charge in [-0.05, 0) is 43.7 Å². The molecule has 0 fully saturated rings. The quantitative estimate of drug-likeness (QED) is 0.550. The molecule has 0 spiro atoms. The molecule has 6 nitrogen and oxygen atoms in total. The van der Waals surface area contributed by atoms with Gasteiger partial charge in [-0.3, -0.25) is 14.2 Å². The van der Waals surface area contributed by atoms with Crippen molar-refractivity contribution in [2.45, 2.75) is 33.0 Å². The smallest absolute Gasteiger partial charge is 0.396 e. The zero-order valence-corrected chi connectivity index (χ0v) is 18.6. The zero-order valence-electron chi connectivity index (χ0n) is 17.8. The molecule has 0 saturated heterocycles. The van der Waals surface area contributed by atoms with Crippen molar-refractivity contribution in [1.82, 2.24) is 9.55 Å². The maximum absolute atomic E-state index is 13.1. The Bertz CT molecular complexity index is 1240. The number of amides is 1. The zero-order chi connectivity index (χ0) is 24.3. The lowest BCUT2D eigenvalue weighted by Gasteiger charge is -2.16. The minimum Gasteiger partial charge on any atom is -0.396 e. The van der Waals surface area contributed by atoms with E-state index < -0.39 is 29.8 Å². The van der Waals surface area contributed by atoms with Gasteiger partial charge < -0.3 is 10.4 Å². The number of hydrogen-bond acceptors (Lipinski definition) is 4. The van der Waals surface area contributed by atoms with Crippen LogP contribution in [0.1, 0.15) is 22.4 Å². The predicted molar refractivity (Wildman–Crippen MR) is 119 cm³/mol. The van der Waals surface area contributed by atoms with Gasteiger partial charge in [0.15, 0.2) is 0 Å². The predicted octanol–water partition coefficient (Wildman–Crippen LogP) is 4.37. The van der Waals surface area contributed by atoms with Crippen LogP contribution in [-0.4, -0.2) is 27.2 Å². The molecule has 0 aliphatic carbocycles. The second-order valence-corrected chi connectivity index (χ2v) is 7.88. The van der Waals surface area contributed by atoms with E-state index in [-0.39, 0.29) is 30.0 Å². The average molecular weight is 480 g/mol. The molecule has 1 aromatic heterocycles. The van der Waals surface area contributed by atoms with Gasteiger partial charge >= 0.3 is 6.18 Å². The van der Waals surface area contributed by atoms with Crippen molar-refractivity contribution >= 4 is 23.2 Å². The molecular formula is C23H21ClF3N3O3. The average Bonchev–Trinajstić information content (AvgIpc) is 2.74. The van der Waals surface area contributed by atoms with E-state index in [9.17, 15) is 27.9 Å². The standard InChI is InChI=1S/C23H21ClF3N3O3/c1-13-3-8-19(18(24)11-13)29-20(32)12-30-21(28-14(2)17(9-10-31)22(30)33)15-4-6-16(7-5-15)23(25,26)27/h3-8,11,31H,9-10,12H2,1-2H3,(H,29,32). The summed E-state index contributed by atoms with van der Waals surface area (Å²) in [5, 5.41) is 12.3. The number of halogens is 4. The molecule has 3 rings (SSSR count). The fourth-order valence-corrected chi connectivity index (χ4v) is 3.61. The number of benzene rings is 2. The highest BCUT2D eigenvalue weighted by molar-refractivity contribution is 6.33. The summed E-state index contributed by atoms with van der Waals surface area (Å²) in [6.07, 6.45) is -4.49. The van der Waals surface area contributed by atoms with Crippen molar-refractivity contribution in [2.75, 3.05) is 11.9 Å². The third-order valence-corrected chi connectivity index (χ3v) is 5.31. The number of aliphatic hydroxyl groups is 1. The second-order valence-electron chi connectivity index (χ2n) is 7.47. The van der Waals surface area contributed by atoms with Crippen LogP contribution in [-0.2, 0) is 23.9 Å². The number of carbonyl (C=O) groups is 1. The van der Waals surface area contributed by atoms with E-state index in [1.807, 2.05) is 6.92 Å². The van der Waals surface area contributed by atoms with Crippen LogP contribution in [0.15, 0.2) is 47.3 Å². The van der Waals surface area contributed by atoms with Crippen molar-refractivity contribution in [2.24, 2.45) is 0 Å². The number of nitrogens with one attached hydrogen (secondary N) is 1. The lowest BCUT2D eigenvalue weighted by molar-refractivity contribution is -0.137. The molecule has 0 unspecified atom stereocenters. The van der Waals surface area contributed by atoms with Gasteiger partial charge in [0, 0.05) is 29.8 Å². The SMILES string of the molecule is Cc1ccc(NC(=O)Cn2c(-c3ccc(C(F)(F)F)cc3)nc(C)c(CCO)c2=O)c(Cl)c1. The summed E-state index contributed by atoms with van der Waals surface area (Å²) in [5.41, 5.74) is 0.621. The van der Waals surface area contributed by atoms with Crippen LogP contribution in [0.2, 0.25) is 5.02 Å². The monoisotopic (exact) mass is 479 g/mol. The van der Waals surface area contributed by atoms with Crippen molar-refractivity contribution in [3.63, 3.8) is 0 Å². The number of nitrogens with zero attached hydrogens (tertiary/aromatic N) is 2. The minimum atomic E-state index is -4.51. The van der Waals surface area contributed by atoms with E-state index >= 15 is 0 Å². The molecule has 1 amide bonds. The molecule has 0 atom stereocenters. The Morgan fingerprint density at radius 2 is 1.82 bits per heavy atom.